The molecule has 0 saturated heterocycles. The van der Waals surface area contributed by atoms with Crippen LogP contribution < -0.4 is 16.0 Å². The Balaban J connectivity index is 2.21. The molecule has 0 spiro atoms. The highest BCUT2D eigenvalue weighted by atomic mass is 16.2. The van der Waals surface area contributed by atoms with Gasteiger partial charge in [0.1, 0.15) is 6.04 Å². The maximum absolute atomic E-state index is 11.9. The van der Waals surface area contributed by atoms with E-state index < -0.39 is 6.04 Å². The van der Waals surface area contributed by atoms with Crippen LogP contribution in [0.15, 0.2) is 0 Å². The predicted molar refractivity (Wildman–Crippen MR) is 80.5 cm³/mol. The number of nitrogens with one attached hydrogen (secondary N) is 3. The SMILES string of the molecule is CNC(=O)CCNC(=O)C(C)NC(=O)CC1CCCCC1. The molecular formula is C15H27N3O3. The van der Waals surface area contributed by atoms with Crippen LogP contribution >= 0.6 is 0 Å². The Hall–Kier alpha value is -1.59. The predicted octanol–water partition coefficient (Wildman–Crippen LogP) is 0.714. The van der Waals surface area contributed by atoms with E-state index in [0.717, 1.165) is 12.8 Å². The molecule has 120 valence electrons. The first-order valence-electron chi connectivity index (χ1n) is 7.80. The number of hydrogen-bond donors (Lipinski definition) is 3. The lowest BCUT2D eigenvalue weighted by molar-refractivity contribution is -0.129. The summed E-state index contributed by atoms with van der Waals surface area (Å²) in [6.45, 7) is 1.94. The van der Waals surface area contributed by atoms with Gasteiger partial charge in [-0.1, -0.05) is 19.3 Å². The molecule has 0 radical (unpaired) electrons. The summed E-state index contributed by atoms with van der Waals surface area (Å²) in [4.78, 5) is 34.7. The van der Waals surface area contributed by atoms with Crippen molar-refractivity contribution in [3.63, 3.8) is 0 Å². The number of rotatable bonds is 7. The van der Waals surface area contributed by atoms with E-state index in [2.05, 4.69) is 16.0 Å². The second-order valence-electron chi connectivity index (χ2n) is 5.71. The zero-order chi connectivity index (χ0) is 15.7. The van der Waals surface area contributed by atoms with Crippen LogP contribution in [0.2, 0.25) is 0 Å². The summed E-state index contributed by atoms with van der Waals surface area (Å²) >= 11 is 0. The number of hydrogen-bond acceptors (Lipinski definition) is 3. The van der Waals surface area contributed by atoms with Crippen LogP contribution in [0.5, 0.6) is 0 Å². The van der Waals surface area contributed by atoms with Gasteiger partial charge in [0.2, 0.25) is 17.7 Å². The lowest BCUT2D eigenvalue weighted by Gasteiger charge is -2.22. The fraction of sp³-hybridized carbons (Fsp3) is 0.800. The van der Waals surface area contributed by atoms with Crippen molar-refractivity contribution in [1.82, 2.24) is 16.0 Å². The normalized spacial score (nSPS) is 16.9. The van der Waals surface area contributed by atoms with Crippen LogP contribution in [0.4, 0.5) is 0 Å². The van der Waals surface area contributed by atoms with Crippen molar-refractivity contribution in [2.75, 3.05) is 13.6 Å². The third-order valence-electron chi connectivity index (χ3n) is 3.90. The van der Waals surface area contributed by atoms with Crippen molar-refractivity contribution >= 4 is 17.7 Å². The van der Waals surface area contributed by atoms with Crippen molar-refractivity contribution in [2.24, 2.45) is 5.92 Å². The van der Waals surface area contributed by atoms with E-state index in [1.807, 2.05) is 0 Å². The van der Waals surface area contributed by atoms with Gasteiger partial charge in [0.15, 0.2) is 0 Å². The Bertz CT molecular complexity index is 365. The molecule has 21 heavy (non-hydrogen) atoms. The average molecular weight is 297 g/mol. The molecule has 0 aromatic carbocycles. The van der Waals surface area contributed by atoms with E-state index in [4.69, 9.17) is 0 Å². The van der Waals surface area contributed by atoms with Crippen LogP contribution in [-0.4, -0.2) is 37.4 Å². The molecule has 1 fully saturated rings. The third kappa shape index (κ3) is 7.11. The van der Waals surface area contributed by atoms with E-state index >= 15 is 0 Å². The smallest absolute Gasteiger partial charge is 0.242 e. The summed E-state index contributed by atoms with van der Waals surface area (Å²) in [5.41, 5.74) is 0. The molecule has 6 nitrogen and oxygen atoms in total. The van der Waals surface area contributed by atoms with E-state index in [0.29, 0.717) is 12.3 Å². The molecule has 1 rings (SSSR count). The maximum Gasteiger partial charge on any atom is 0.242 e. The molecule has 1 aliphatic carbocycles. The molecular weight excluding hydrogens is 270 g/mol. The summed E-state index contributed by atoms with van der Waals surface area (Å²) in [5, 5.41) is 7.86. The summed E-state index contributed by atoms with van der Waals surface area (Å²) in [6, 6.07) is -0.564. The monoisotopic (exact) mass is 297 g/mol. The van der Waals surface area contributed by atoms with Crippen molar-refractivity contribution in [1.29, 1.82) is 0 Å². The van der Waals surface area contributed by atoms with E-state index in [1.54, 1.807) is 14.0 Å². The standard InChI is InChI=1S/C15H27N3O3/c1-11(15(21)17-9-8-13(19)16-2)18-14(20)10-12-6-4-3-5-7-12/h11-12H,3-10H2,1-2H3,(H,16,19)(H,17,21)(H,18,20). The van der Waals surface area contributed by atoms with Crippen molar-refractivity contribution in [3.8, 4) is 0 Å². The van der Waals surface area contributed by atoms with Gasteiger partial charge in [0.05, 0.1) is 0 Å². The van der Waals surface area contributed by atoms with E-state index in [-0.39, 0.29) is 30.7 Å². The van der Waals surface area contributed by atoms with Crippen molar-refractivity contribution in [2.45, 2.75) is 57.9 Å². The second-order valence-corrected chi connectivity index (χ2v) is 5.71. The summed E-state index contributed by atoms with van der Waals surface area (Å²) in [5.74, 6) is 0.0262. The quantitative estimate of drug-likeness (QED) is 0.647. The minimum Gasteiger partial charge on any atom is -0.359 e. The van der Waals surface area contributed by atoms with Gasteiger partial charge < -0.3 is 16.0 Å². The second kappa shape index (κ2) is 9.37. The largest absolute Gasteiger partial charge is 0.359 e. The molecule has 3 amide bonds. The fourth-order valence-corrected chi connectivity index (χ4v) is 2.60. The van der Waals surface area contributed by atoms with Crippen molar-refractivity contribution < 1.29 is 14.4 Å². The first-order chi connectivity index (χ1) is 10.0. The highest BCUT2D eigenvalue weighted by molar-refractivity contribution is 5.87. The highest BCUT2D eigenvalue weighted by Crippen LogP contribution is 2.26. The Morgan fingerprint density at radius 3 is 2.38 bits per heavy atom. The number of carbonyl (C=O) groups is 3. The molecule has 0 bridgehead atoms. The summed E-state index contributed by atoms with van der Waals surface area (Å²) in [6.07, 6.45) is 6.64. The minimum atomic E-state index is -0.564. The van der Waals surface area contributed by atoms with Gasteiger partial charge in [-0.3, -0.25) is 14.4 Å². The molecule has 1 aliphatic rings. The average Bonchev–Trinajstić information content (AvgIpc) is 2.47. The zero-order valence-corrected chi connectivity index (χ0v) is 13.0. The lowest BCUT2D eigenvalue weighted by Crippen LogP contribution is -2.45. The molecule has 1 unspecified atom stereocenters. The van der Waals surface area contributed by atoms with Gasteiger partial charge in [-0.2, -0.15) is 0 Å². The van der Waals surface area contributed by atoms with Crippen LogP contribution in [0, 0.1) is 5.92 Å². The van der Waals surface area contributed by atoms with E-state index in [1.165, 1.54) is 19.3 Å². The van der Waals surface area contributed by atoms with Crippen molar-refractivity contribution in [3.05, 3.63) is 0 Å². The van der Waals surface area contributed by atoms with Gasteiger partial charge in [-0.25, -0.2) is 0 Å². The number of amides is 3. The lowest BCUT2D eigenvalue weighted by atomic mass is 9.87. The molecule has 0 heterocycles. The summed E-state index contributed by atoms with van der Waals surface area (Å²) < 4.78 is 0. The molecule has 1 atom stereocenters. The Morgan fingerprint density at radius 1 is 1.10 bits per heavy atom. The van der Waals surface area contributed by atoms with Crippen LogP contribution in [-0.2, 0) is 14.4 Å². The van der Waals surface area contributed by atoms with Crippen LogP contribution in [0.1, 0.15) is 51.9 Å². The summed E-state index contributed by atoms with van der Waals surface area (Å²) in [7, 11) is 1.55. The molecule has 6 heteroatoms. The molecule has 0 aliphatic heterocycles. The Labute approximate surface area is 126 Å². The fourth-order valence-electron chi connectivity index (χ4n) is 2.60. The minimum absolute atomic E-state index is 0.0594. The Kier molecular flexibility index (Phi) is 7.79. The highest BCUT2D eigenvalue weighted by Gasteiger charge is 2.20. The molecule has 0 aromatic heterocycles. The van der Waals surface area contributed by atoms with Gasteiger partial charge >= 0.3 is 0 Å². The van der Waals surface area contributed by atoms with Gasteiger partial charge in [-0.15, -0.1) is 0 Å². The van der Waals surface area contributed by atoms with Gasteiger partial charge in [0, 0.05) is 26.4 Å². The molecule has 0 aromatic rings. The third-order valence-corrected chi connectivity index (χ3v) is 3.90. The van der Waals surface area contributed by atoms with Gasteiger partial charge in [-0.05, 0) is 25.7 Å². The first-order valence-corrected chi connectivity index (χ1v) is 7.80. The van der Waals surface area contributed by atoms with Crippen LogP contribution in [0.25, 0.3) is 0 Å². The topological polar surface area (TPSA) is 87.3 Å². The first kappa shape index (κ1) is 17.5. The zero-order valence-electron chi connectivity index (χ0n) is 13.0. The number of carbonyl (C=O) groups excluding carboxylic acids is 3. The molecule has 1 saturated carbocycles. The molecule has 3 N–H and O–H groups in total. The van der Waals surface area contributed by atoms with E-state index in [9.17, 15) is 14.4 Å². The maximum atomic E-state index is 11.9. The van der Waals surface area contributed by atoms with Crippen LogP contribution in [0.3, 0.4) is 0 Å². The van der Waals surface area contributed by atoms with Gasteiger partial charge in [0.25, 0.3) is 0 Å². The Morgan fingerprint density at radius 2 is 1.76 bits per heavy atom.